The van der Waals surface area contributed by atoms with Gasteiger partial charge in [0.25, 0.3) is 0 Å². The van der Waals surface area contributed by atoms with E-state index in [-0.39, 0.29) is 23.7 Å². The van der Waals surface area contributed by atoms with Gasteiger partial charge < -0.3 is 14.2 Å². The third-order valence-corrected chi connectivity index (χ3v) is 7.19. The molecule has 0 N–H and O–H groups in total. The predicted molar refractivity (Wildman–Crippen MR) is 101 cm³/mol. The van der Waals surface area contributed by atoms with Crippen molar-refractivity contribution >= 4 is 11.9 Å². The molecule has 5 nitrogen and oxygen atoms in total. The van der Waals surface area contributed by atoms with Crippen LogP contribution in [0.2, 0.25) is 0 Å². The zero-order valence-corrected chi connectivity index (χ0v) is 17.6. The van der Waals surface area contributed by atoms with Gasteiger partial charge in [-0.25, -0.2) is 0 Å². The Morgan fingerprint density at radius 2 is 1.56 bits per heavy atom. The molecule has 4 aliphatic carbocycles. The lowest BCUT2D eigenvalue weighted by Gasteiger charge is -2.63. The van der Waals surface area contributed by atoms with Gasteiger partial charge in [0, 0.05) is 13.5 Å². The zero-order valence-electron chi connectivity index (χ0n) is 17.6. The minimum Gasteiger partial charge on any atom is -0.400 e. The number of hydrogen-bond acceptors (Lipinski definition) is 5. The maximum Gasteiger partial charge on any atom is 0.364 e. The first kappa shape index (κ1) is 20.6. The predicted octanol–water partition coefficient (Wildman–Crippen LogP) is 4.68. The maximum absolute atomic E-state index is 12.7. The summed E-state index contributed by atoms with van der Waals surface area (Å²) >= 11 is 0. The monoisotopic (exact) mass is 380 g/mol. The number of esters is 2. The molecule has 5 heteroatoms. The normalized spacial score (nSPS) is 35.5. The highest BCUT2D eigenvalue weighted by molar-refractivity contribution is 5.72. The lowest BCUT2D eigenvalue weighted by molar-refractivity contribution is -0.259. The summed E-state index contributed by atoms with van der Waals surface area (Å²) in [4.78, 5) is 24.5. The van der Waals surface area contributed by atoms with Gasteiger partial charge in [-0.1, -0.05) is 27.7 Å². The molecular formula is C22H36O5. The molecule has 0 aromatic rings. The van der Waals surface area contributed by atoms with Crippen LogP contribution in [0.25, 0.3) is 0 Å². The number of ether oxygens (including phenoxy) is 3. The van der Waals surface area contributed by atoms with Gasteiger partial charge in [0.1, 0.15) is 0 Å². The van der Waals surface area contributed by atoms with E-state index in [0.29, 0.717) is 17.8 Å². The molecule has 4 rings (SSSR count). The van der Waals surface area contributed by atoms with E-state index in [1.807, 2.05) is 13.8 Å². The summed E-state index contributed by atoms with van der Waals surface area (Å²) in [6.07, 6.45) is 8.08. The molecule has 4 bridgehead atoms. The van der Waals surface area contributed by atoms with Crippen molar-refractivity contribution in [1.82, 2.24) is 0 Å². The van der Waals surface area contributed by atoms with Crippen LogP contribution in [0.3, 0.4) is 0 Å². The Morgan fingerprint density at radius 1 is 0.963 bits per heavy atom. The van der Waals surface area contributed by atoms with E-state index in [4.69, 9.17) is 14.2 Å². The van der Waals surface area contributed by atoms with Crippen LogP contribution in [0.15, 0.2) is 0 Å². The van der Waals surface area contributed by atoms with Crippen LogP contribution < -0.4 is 0 Å². The van der Waals surface area contributed by atoms with Gasteiger partial charge in [-0.2, -0.15) is 0 Å². The Balaban J connectivity index is 1.61. The van der Waals surface area contributed by atoms with Gasteiger partial charge in [-0.05, 0) is 73.0 Å². The van der Waals surface area contributed by atoms with Crippen molar-refractivity contribution in [1.29, 1.82) is 0 Å². The summed E-state index contributed by atoms with van der Waals surface area (Å²) in [5.74, 6) is 1.64. The third-order valence-electron chi connectivity index (χ3n) is 7.19. The molecule has 0 aromatic carbocycles. The summed E-state index contributed by atoms with van der Waals surface area (Å²) in [6.45, 7) is 7.32. The lowest BCUT2D eigenvalue weighted by Crippen LogP contribution is -2.54. The van der Waals surface area contributed by atoms with Crippen LogP contribution in [-0.2, 0) is 23.8 Å². The largest absolute Gasteiger partial charge is 0.400 e. The van der Waals surface area contributed by atoms with E-state index in [1.165, 1.54) is 26.4 Å². The second-order valence-corrected chi connectivity index (χ2v) is 10.3. The van der Waals surface area contributed by atoms with Crippen LogP contribution in [-0.4, -0.2) is 25.5 Å². The maximum atomic E-state index is 12.7. The minimum atomic E-state index is -1.24. The van der Waals surface area contributed by atoms with Crippen LogP contribution in [0, 0.1) is 34.5 Å². The fourth-order valence-corrected chi connectivity index (χ4v) is 6.47. The fraction of sp³-hybridized carbons (Fsp3) is 0.909. The van der Waals surface area contributed by atoms with E-state index >= 15 is 0 Å². The molecule has 0 saturated heterocycles. The Morgan fingerprint density at radius 3 is 2.07 bits per heavy atom. The van der Waals surface area contributed by atoms with E-state index < -0.39 is 12.4 Å². The Bertz CT molecular complexity index is 553. The third kappa shape index (κ3) is 4.49. The first-order valence-corrected chi connectivity index (χ1v) is 10.6. The summed E-state index contributed by atoms with van der Waals surface area (Å²) in [6, 6.07) is 0. The lowest BCUT2D eigenvalue weighted by atomic mass is 9.41. The number of methoxy groups -OCH3 is 1. The molecule has 3 atom stereocenters. The molecule has 0 spiro atoms. The first-order valence-electron chi connectivity index (χ1n) is 10.6. The van der Waals surface area contributed by atoms with Crippen molar-refractivity contribution in [2.24, 2.45) is 34.5 Å². The van der Waals surface area contributed by atoms with Gasteiger partial charge in [-0.15, -0.1) is 0 Å². The highest BCUT2D eigenvalue weighted by Gasteiger charge is 2.59. The van der Waals surface area contributed by atoms with Gasteiger partial charge >= 0.3 is 18.4 Å². The molecule has 154 valence electrons. The molecule has 0 radical (unpaired) electrons. The summed E-state index contributed by atoms with van der Waals surface area (Å²) in [5, 5.41) is 0. The zero-order chi connectivity index (χ0) is 19.8. The number of rotatable bonds is 8. The Labute approximate surface area is 163 Å². The molecule has 4 saturated carbocycles. The van der Waals surface area contributed by atoms with Crippen molar-refractivity contribution in [3.05, 3.63) is 0 Å². The molecular weight excluding hydrogens is 344 g/mol. The van der Waals surface area contributed by atoms with Crippen molar-refractivity contribution in [2.45, 2.75) is 85.5 Å². The van der Waals surface area contributed by atoms with Crippen molar-refractivity contribution in [3.8, 4) is 0 Å². The Hall–Kier alpha value is -1.10. The topological polar surface area (TPSA) is 61.8 Å². The van der Waals surface area contributed by atoms with Crippen molar-refractivity contribution in [2.75, 3.05) is 7.11 Å². The average molecular weight is 381 g/mol. The van der Waals surface area contributed by atoms with Crippen LogP contribution in [0.4, 0.5) is 0 Å². The van der Waals surface area contributed by atoms with Gasteiger partial charge in [0.2, 0.25) is 0 Å². The molecule has 4 aliphatic rings. The van der Waals surface area contributed by atoms with E-state index in [9.17, 15) is 9.59 Å². The van der Waals surface area contributed by atoms with Crippen molar-refractivity contribution < 1.29 is 23.8 Å². The van der Waals surface area contributed by atoms with Gasteiger partial charge in [0.15, 0.2) is 0 Å². The molecule has 4 fully saturated rings. The smallest absolute Gasteiger partial charge is 0.364 e. The highest BCUT2D eigenvalue weighted by Crippen LogP contribution is 2.68. The van der Waals surface area contributed by atoms with E-state index in [2.05, 4.69) is 13.8 Å². The fourth-order valence-electron chi connectivity index (χ4n) is 6.47. The summed E-state index contributed by atoms with van der Waals surface area (Å²) in [5.41, 5.74) is 0.459. The van der Waals surface area contributed by atoms with Crippen LogP contribution in [0.5, 0.6) is 0 Å². The average Bonchev–Trinajstić information content (AvgIpc) is 2.51. The standard InChI is InChI=1S/C22H36O5/c1-14(2)6-18(23)26-20(25-5)27-19(24)12-21-8-16-7-17(9-21)11-22(10-16,13-21)15(3)4/h14-17,20H,6-13H2,1-5H3. The molecule has 27 heavy (non-hydrogen) atoms. The Kier molecular flexibility index (Phi) is 5.90. The van der Waals surface area contributed by atoms with Crippen LogP contribution >= 0.6 is 0 Å². The summed E-state index contributed by atoms with van der Waals surface area (Å²) < 4.78 is 15.6. The molecule has 3 unspecified atom stereocenters. The van der Waals surface area contributed by atoms with E-state index in [0.717, 1.165) is 31.1 Å². The minimum absolute atomic E-state index is 0.0612. The second-order valence-electron chi connectivity index (χ2n) is 10.3. The molecule has 0 aliphatic heterocycles. The second kappa shape index (κ2) is 7.73. The highest BCUT2D eigenvalue weighted by atomic mass is 16.9. The number of hydrogen-bond donors (Lipinski definition) is 0. The first-order chi connectivity index (χ1) is 12.7. The summed E-state index contributed by atoms with van der Waals surface area (Å²) in [7, 11) is 1.39. The number of carbonyl (C=O) groups is 2. The van der Waals surface area contributed by atoms with Gasteiger partial charge in [0.05, 0.1) is 6.42 Å². The quantitative estimate of drug-likeness (QED) is 0.452. The molecule has 0 amide bonds. The number of carbonyl (C=O) groups excluding carboxylic acids is 2. The van der Waals surface area contributed by atoms with E-state index in [1.54, 1.807) is 0 Å². The van der Waals surface area contributed by atoms with Crippen LogP contribution in [0.1, 0.15) is 79.1 Å². The van der Waals surface area contributed by atoms with Gasteiger partial charge in [-0.3, -0.25) is 9.59 Å². The molecule has 0 aromatic heterocycles. The van der Waals surface area contributed by atoms with Crippen molar-refractivity contribution in [3.63, 3.8) is 0 Å². The molecule has 0 heterocycles. The SMILES string of the molecule is COC(OC(=O)CC(C)C)OC(=O)CC12CC3CC(C1)CC(C(C)C)(C3)C2.